The number of carbonyl (C=O) groups excluding carboxylic acids is 1. The first kappa shape index (κ1) is 14.4. The maximum absolute atomic E-state index is 13.0. The van der Waals surface area contributed by atoms with Crippen LogP contribution in [0.25, 0.3) is 0 Å². The van der Waals surface area contributed by atoms with Gasteiger partial charge in [-0.25, -0.2) is 0 Å². The van der Waals surface area contributed by atoms with E-state index in [0.717, 1.165) is 37.3 Å². The number of carbonyl (C=O) groups is 1. The van der Waals surface area contributed by atoms with Gasteiger partial charge in [0.1, 0.15) is 11.2 Å². The van der Waals surface area contributed by atoms with E-state index in [2.05, 4.69) is 10.2 Å². The maximum atomic E-state index is 13.0. The first-order valence-electron chi connectivity index (χ1n) is 8.11. The van der Waals surface area contributed by atoms with Crippen LogP contribution in [0, 0.1) is 0 Å². The van der Waals surface area contributed by atoms with E-state index < -0.39 is 5.41 Å². The monoisotopic (exact) mass is 308 g/mol. The Kier molecular flexibility index (Phi) is 3.63. The highest BCUT2D eigenvalue weighted by atomic mass is 16.5. The number of hydrogen-bond donors (Lipinski definition) is 1. The smallest absolute Gasteiger partial charge is 0.327 e. The highest BCUT2D eigenvalue weighted by molar-refractivity contribution is 5.94. The van der Waals surface area contributed by atoms with E-state index in [9.17, 15) is 4.79 Å². The van der Waals surface area contributed by atoms with Crippen LogP contribution in [-0.2, 0) is 10.2 Å². The van der Waals surface area contributed by atoms with E-state index in [1.54, 1.807) is 0 Å². The van der Waals surface area contributed by atoms with E-state index in [1.165, 1.54) is 0 Å². The predicted octanol–water partition coefficient (Wildman–Crippen LogP) is 1.80. The van der Waals surface area contributed by atoms with Gasteiger partial charge in [-0.3, -0.25) is 9.69 Å². The Labute approximate surface area is 136 Å². The molecule has 0 bridgehead atoms. The summed E-state index contributed by atoms with van der Waals surface area (Å²) < 4.78 is 5.64. The molecule has 2 aromatic carbocycles. The first-order chi connectivity index (χ1) is 11.3. The van der Waals surface area contributed by atoms with Crippen LogP contribution in [-0.4, -0.2) is 43.6 Å². The molecule has 4 nitrogen and oxygen atoms in total. The molecule has 0 spiro atoms. The van der Waals surface area contributed by atoms with Crippen LogP contribution in [0.3, 0.4) is 0 Å². The van der Waals surface area contributed by atoms with Gasteiger partial charge in [-0.2, -0.15) is 0 Å². The van der Waals surface area contributed by atoms with Crippen LogP contribution in [0.2, 0.25) is 0 Å². The number of hydrogen-bond acceptors (Lipinski definition) is 4. The number of nitrogens with zero attached hydrogens (tertiary/aromatic N) is 1. The van der Waals surface area contributed by atoms with Crippen LogP contribution >= 0.6 is 0 Å². The number of benzene rings is 2. The summed E-state index contributed by atoms with van der Waals surface area (Å²) in [5.74, 6) is 0.528. The van der Waals surface area contributed by atoms with Crippen molar-refractivity contribution < 1.29 is 9.53 Å². The van der Waals surface area contributed by atoms with Gasteiger partial charge in [0.25, 0.3) is 0 Å². The van der Waals surface area contributed by atoms with Gasteiger partial charge in [-0.1, -0.05) is 48.5 Å². The van der Waals surface area contributed by atoms with E-state index in [-0.39, 0.29) is 5.97 Å². The molecule has 0 aromatic heterocycles. The Balaban J connectivity index is 1.83. The zero-order valence-electron chi connectivity index (χ0n) is 13.0. The summed E-state index contributed by atoms with van der Waals surface area (Å²) in [7, 11) is 0. The number of ether oxygens (including phenoxy) is 1. The minimum atomic E-state index is -0.727. The van der Waals surface area contributed by atoms with Crippen molar-refractivity contribution in [3.05, 3.63) is 65.7 Å². The van der Waals surface area contributed by atoms with Crippen molar-refractivity contribution in [2.24, 2.45) is 0 Å². The molecule has 1 saturated heterocycles. The molecule has 4 rings (SSSR count). The second kappa shape index (κ2) is 5.80. The summed E-state index contributed by atoms with van der Waals surface area (Å²) in [5.41, 5.74) is 1.26. The summed E-state index contributed by atoms with van der Waals surface area (Å²) >= 11 is 0. The van der Waals surface area contributed by atoms with Crippen LogP contribution in [0.15, 0.2) is 54.6 Å². The highest BCUT2D eigenvalue weighted by Crippen LogP contribution is 2.44. The van der Waals surface area contributed by atoms with Crippen LogP contribution in [0.4, 0.5) is 0 Å². The van der Waals surface area contributed by atoms with Gasteiger partial charge < -0.3 is 10.1 Å². The summed E-state index contributed by atoms with van der Waals surface area (Å²) in [6, 6.07) is 17.8. The molecule has 1 fully saturated rings. The number of piperazine rings is 1. The lowest BCUT2D eigenvalue weighted by molar-refractivity contribution is -0.137. The molecule has 0 amide bonds. The molecule has 1 atom stereocenters. The Morgan fingerprint density at radius 2 is 1.70 bits per heavy atom. The Hall–Kier alpha value is -2.17. The lowest BCUT2D eigenvalue weighted by atomic mass is 9.75. The number of nitrogens with one attached hydrogen (secondary N) is 1. The van der Waals surface area contributed by atoms with Gasteiger partial charge in [0, 0.05) is 38.3 Å². The Morgan fingerprint density at radius 1 is 1.00 bits per heavy atom. The van der Waals surface area contributed by atoms with Crippen LogP contribution in [0.1, 0.15) is 11.1 Å². The van der Waals surface area contributed by atoms with Crippen molar-refractivity contribution in [2.45, 2.75) is 5.41 Å². The van der Waals surface area contributed by atoms with Gasteiger partial charge in [0.05, 0.1) is 0 Å². The number of fused-ring (bicyclic) bond motifs is 1. The lowest BCUT2D eigenvalue weighted by Gasteiger charge is -2.35. The molecule has 2 heterocycles. The van der Waals surface area contributed by atoms with Crippen molar-refractivity contribution >= 4 is 5.97 Å². The minimum Gasteiger partial charge on any atom is -0.425 e. The second-order valence-electron chi connectivity index (χ2n) is 6.18. The van der Waals surface area contributed by atoms with E-state index >= 15 is 0 Å². The number of rotatable bonds is 3. The minimum absolute atomic E-state index is 0.163. The second-order valence-corrected chi connectivity index (χ2v) is 6.18. The third-order valence-corrected chi connectivity index (χ3v) is 4.83. The molecule has 1 N–H and O–H groups in total. The average molecular weight is 308 g/mol. The molecule has 4 heteroatoms. The van der Waals surface area contributed by atoms with E-state index in [0.29, 0.717) is 12.3 Å². The fourth-order valence-electron chi connectivity index (χ4n) is 3.65. The first-order valence-corrected chi connectivity index (χ1v) is 8.11. The summed E-state index contributed by atoms with van der Waals surface area (Å²) in [5, 5.41) is 3.36. The summed E-state index contributed by atoms with van der Waals surface area (Å²) in [6.07, 6.45) is 0. The summed E-state index contributed by atoms with van der Waals surface area (Å²) in [6.45, 7) is 4.48. The fraction of sp³-hybridized carbons (Fsp3) is 0.316. The van der Waals surface area contributed by atoms with Gasteiger partial charge >= 0.3 is 5.97 Å². The average Bonchev–Trinajstić information content (AvgIpc) is 2.89. The van der Waals surface area contributed by atoms with Crippen molar-refractivity contribution in [1.29, 1.82) is 0 Å². The topological polar surface area (TPSA) is 41.6 Å². The Bertz CT molecular complexity index is 710. The molecule has 118 valence electrons. The fourth-order valence-corrected chi connectivity index (χ4v) is 3.65. The van der Waals surface area contributed by atoms with Gasteiger partial charge in [-0.15, -0.1) is 0 Å². The van der Waals surface area contributed by atoms with Crippen molar-refractivity contribution in [3.63, 3.8) is 0 Å². The summed E-state index contributed by atoms with van der Waals surface area (Å²) in [4.78, 5) is 15.3. The van der Waals surface area contributed by atoms with E-state index in [1.807, 2.05) is 54.6 Å². The zero-order chi connectivity index (χ0) is 15.7. The molecular weight excluding hydrogens is 288 g/mol. The van der Waals surface area contributed by atoms with Gasteiger partial charge in [0.2, 0.25) is 0 Å². The van der Waals surface area contributed by atoms with Crippen molar-refractivity contribution in [2.75, 3.05) is 32.7 Å². The van der Waals surface area contributed by atoms with Crippen LogP contribution < -0.4 is 10.1 Å². The number of para-hydroxylation sites is 1. The van der Waals surface area contributed by atoms with Crippen molar-refractivity contribution in [1.82, 2.24) is 10.2 Å². The molecular formula is C19H20N2O2. The molecule has 0 saturated carbocycles. The molecule has 1 unspecified atom stereocenters. The standard InChI is InChI=1S/C19H20N2O2/c22-18-19(15-6-2-1-3-7-15,14-21-12-10-20-11-13-21)16-8-4-5-9-17(16)23-18/h1-9,20H,10-14H2. The molecule has 0 aliphatic carbocycles. The highest BCUT2D eigenvalue weighted by Gasteiger charge is 2.51. The molecule has 2 aliphatic rings. The molecule has 0 radical (unpaired) electrons. The number of esters is 1. The van der Waals surface area contributed by atoms with E-state index in [4.69, 9.17) is 4.74 Å². The van der Waals surface area contributed by atoms with Gasteiger partial charge in [0.15, 0.2) is 0 Å². The zero-order valence-corrected chi connectivity index (χ0v) is 13.0. The Morgan fingerprint density at radius 3 is 2.48 bits per heavy atom. The normalized spacial score (nSPS) is 24.3. The SMILES string of the molecule is O=C1Oc2ccccc2C1(CN1CCNCC1)c1ccccc1. The molecule has 2 aromatic rings. The molecule has 2 aliphatic heterocycles. The van der Waals surface area contributed by atoms with Gasteiger partial charge in [-0.05, 0) is 11.6 Å². The lowest BCUT2D eigenvalue weighted by Crippen LogP contribution is -2.52. The molecule has 23 heavy (non-hydrogen) atoms. The largest absolute Gasteiger partial charge is 0.425 e. The third-order valence-electron chi connectivity index (χ3n) is 4.83. The quantitative estimate of drug-likeness (QED) is 0.693. The van der Waals surface area contributed by atoms with Crippen LogP contribution in [0.5, 0.6) is 5.75 Å². The van der Waals surface area contributed by atoms with Crippen molar-refractivity contribution in [3.8, 4) is 5.75 Å². The third kappa shape index (κ3) is 2.35. The maximum Gasteiger partial charge on any atom is 0.327 e. The predicted molar refractivity (Wildman–Crippen MR) is 88.6 cm³/mol.